The zero-order valence-corrected chi connectivity index (χ0v) is 27.8. The van der Waals surface area contributed by atoms with Crippen molar-refractivity contribution in [2.75, 3.05) is 49.6 Å². The first-order chi connectivity index (χ1) is 20.8. The van der Waals surface area contributed by atoms with E-state index in [0.717, 1.165) is 61.5 Å². The second-order valence-corrected chi connectivity index (χ2v) is 18.3. The molecule has 4 heterocycles. The number of carbonyl (C=O) groups excluding carboxylic acids is 1. The maximum absolute atomic E-state index is 11.6. The number of fused-ring (bicyclic) bond motifs is 1. The Bertz CT molecular complexity index is 1560. The quantitative estimate of drug-likeness (QED) is 0.263. The molecule has 1 aromatic carbocycles. The average Bonchev–Trinajstić information content (AvgIpc) is 3.47. The van der Waals surface area contributed by atoms with E-state index in [9.17, 15) is 10.1 Å². The molecule has 0 amide bonds. The number of nitrogens with one attached hydrogen (secondary N) is 1. The summed E-state index contributed by atoms with van der Waals surface area (Å²) in [5.41, 5.74) is 4.32. The molecule has 0 spiro atoms. The predicted octanol–water partition coefficient (Wildman–Crippen LogP) is 4.23. The SMILES string of the molecule is Cn1nc(Nc2nccc(-c3cc(C#N)c4c(c3)[C@@](C)(CO[Si](C)(C)C(C)(C)C)CN4[B]C=O)n2)cc1CN1CCOCC1. The van der Waals surface area contributed by atoms with E-state index in [1.54, 1.807) is 6.20 Å². The smallest absolute Gasteiger partial charge is 0.329 e. The van der Waals surface area contributed by atoms with Crippen molar-refractivity contribution in [3.05, 3.63) is 47.3 Å². The molecule has 2 aromatic heterocycles. The van der Waals surface area contributed by atoms with Crippen LogP contribution in [0.25, 0.3) is 11.3 Å². The van der Waals surface area contributed by atoms with E-state index >= 15 is 0 Å². The van der Waals surface area contributed by atoms with Crippen LogP contribution >= 0.6 is 0 Å². The highest BCUT2D eigenvalue weighted by atomic mass is 28.4. The third kappa shape index (κ3) is 6.58. The Morgan fingerprint density at radius 3 is 2.68 bits per heavy atom. The molecule has 1 radical (unpaired) electrons. The number of ether oxygens (including phenoxy) is 1. The number of rotatable bonds is 10. The Morgan fingerprint density at radius 2 is 2.00 bits per heavy atom. The summed E-state index contributed by atoms with van der Waals surface area (Å²) < 4.78 is 14.0. The second kappa shape index (κ2) is 12.4. The van der Waals surface area contributed by atoms with Crippen molar-refractivity contribution in [2.45, 2.75) is 57.8 Å². The summed E-state index contributed by atoms with van der Waals surface area (Å²) in [6.07, 6.45) is 2.47. The van der Waals surface area contributed by atoms with Crippen molar-refractivity contribution in [1.82, 2.24) is 24.6 Å². The van der Waals surface area contributed by atoms with Crippen LogP contribution in [0.3, 0.4) is 0 Å². The van der Waals surface area contributed by atoms with E-state index in [2.05, 4.69) is 73.2 Å². The van der Waals surface area contributed by atoms with Gasteiger partial charge in [-0.05, 0) is 41.9 Å². The Morgan fingerprint density at radius 1 is 1.25 bits per heavy atom. The average molecular weight is 614 g/mol. The van der Waals surface area contributed by atoms with Crippen LogP contribution in [-0.2, 0) is 33.0 Å². The number of benzene rings is 1. The summed E-state index contributed by atoms with van der Waals surface area (Å²) >= 11 is 0. The van der Waals surface area contributed by atoms with Gasteiger partial charge in [0.2, 0.25) is 5.95 Å². The molecule has 1 N–H and O–H groups in total. The van der Waals surface area contributed by atoms with Crippen molar-refractivity contribution >= 4 is 39.4 Å². The molecule has 0 saturated carbocycles. The molecular formula is C31H42BN8O3Si. The molecule has 44 heavy (non-hydrogen) atoms. The van der Waals surface area contributed by atoms with Crippen LogP contribution in [0.1, 0.15) is 44.5 Å². The highest BCUT2D eigenvalue weighted by molar-refractivity contribution is 6.74. The number of anilines is 3. The van der Waals surface area contributed by atoms with E-state index in [-0.39, 0.29) is 5.04 Å². The van der Waals surface area contributed by atoms with Crippen LogP contribution in [0.5, 0.6) is 0 Å². The van der Waals surface area contributed by atoms with Gasteiger partial charge in [0.05, 0.1) is 30.2 Å². The lowest BCUT2D eigenvalue weighted by atomic mass is 9.83. The van der Waals surface area contributed by atoms with E-state index < -0.39 is 13.7 Å². The largest absolute Gasteiger partial charge is 0.416 e. The van der Waals surface area contributed by atoms with Crippen molar-refractivity contribution in [3.8, 4) is 17.3 Å². The van der Waals surface area contributed by atoms with Gasteiger partial charge in [0.1, 0.15) is 12.3 Å². The Labute approximate surface area is 262 Å². The van der Waals surface area contributed by atoms with Gasteiger partial charge in [-0.3, -0.25) is 9.58 Å². The number of carbonyl (C=O) groups is 1. The molecule has 11 nitrogen and oxygen atoms in total. The monoisotopic (exact) mass is 613 g/mol. The van der Waals surface area contributed by atoms with Gasteiger partial charge in [0.25, 0.3) is 0 Å². The molecule has 1 saturated heterocycles. The van der Waals surface area contributed by atoms with Gasteiger partial charge in [0, 0.05) is 68.8 Å². The maximum atomic E-state index is 11.6. The third-order valence-corrected chi connectivity index (χ3v) is 13.6. The van der Waals surface area contributed by atoms with Crippen molar-refractivity contribution in [2.24, 2.45) is 7.05 Å². The van der Waals surface area contributed by atoms with Gasteiger partial charge in [-0.1, -0.05) is 27.7 Å². The molecule has 13 heteroatoms. The van der Waals surface area contributed by atoms with E-state index in [4.69, 9.17) is 14.1 Å². The topological polar surface area (TPSA) is 121 Å². The first-order valence-electron chi connectivity index (χ1n) is 15.0. The molecule has 2 aliphatic heterocycles. The fraction of sp³-hybridized carbons (Fsp3) is 0.516. The first kappa shape index (κ1) is 31.8. The molecule has 231 valence electrons. The van der Waals surface area contributed by atoms with Gasteiger partial charge in [-0.15, -0.1) is 0 Å². The van der Waals surface area contributed by atoms with Gasteiger partial charge < -0.3 is 24.1 Å². The minimum absolute atomic E-state index is 0.0559. The van der Waals surface area contributed by atoms with E-state index in [1.165, 1.54) is 7.41 Å². The third-order valence-electron chi connectivity index (χ3n) is 9.14. The molecule has 0 bridgehead atoms. The maximum Gasteiger partial charge on any atom is 0.329 e. The molecular weight excluding hydrogens is 571 g/mol. The zero-order valence-electron chi connectivity index (χ0n) is 26.8. The molecule has 1 atom stereocenters. The lowest BCUT2D eigenvalue weighted by Crippen LogP contribution is -2.46. The molecule has 1 fully saturated rings. The van der Waals surface area contributed by atoms with Crippen molar-refractivity contribution in [3.63, 3.8) is 0 Å². The number of nitriles is 1. The van der Waals surface area contributed by atoms with Crippen LogP contribution in [-0.4, -0.2) is 86.0 Å². The van der Waals surface area contributed by atoms with E-state index in [0.29, 0.717) is 36.2 Å². The molecule has 5 rings (SSSR count). The summed E-state index contributed by atoms with van der Waals surface area (Å²) in [6, 6.07) is 10.1. The summed E-state index contributed by atoms with van der Waals surface area (Å²) in [7, 11) is 1.39. The fourth-order valence-corrected chi connectivity index (χ4v) is 6.57. The highest BCUT2D eigenvalue weighted by Crippen LogP contribution is 2.46. The van der Waals surface area contributed by atoms with Crippen LogP contribution in [0.15, 0.2) is 30.5 Å². The number of nitrogens with zero attached hydrogens (tertiary/aromatic N) is 7. The fourth-order valence-electron chi connectivity index (χ4n) is 5.46. The standard InChI is InChI=1S/C31H42BN8O3Si/c1-30(2,3)44(6,7)43-20-31(4)19-40(32-21-41)28-23(17-33)14-22(15-25(28)31)26-8-9-34-29(35-26)36-27-16-24(38(5)37-27)18-39-10-12-42-13-11-39/h8-9,14-16,21H,10-13,18-20H2,1-7H3,(H,34,35,36,37)/t31-/m1/s1. The van der Waals surface area contributed by atoms with Crippen LogP contribution in [0.2, 0.25) is 18.1 Å². The summed E-state index contributed by atoms with van der Waals surface area (Å²) in [5.74, 6) is 1.08. The first-order valence-corrected chi connectivity index (χ1v) is 18.0. The van der Waals surface area contributed by atoms with Gasteiger partial charge in [-0.2, -0.15) is 10.4 Å². The zero-order chi connectivity index (χ0) is 31.7. The van der Waals surface area contributed by atoms with Crippen LogP contribution in [0, 0.1) is 11.3 Å². The predicted molar refractivity (Wildman–Crippen MR) is 175 cm³/mol. The summed E-state index contributed by atoms with van der Waals surface area (Å²) in [5, 5.41) is 18.2. The highest BCUT2D eigenvalue weighted by Gasteiger charge is 2.44. The minimum atomic E-state index is -2.05. The lowest BCUT2D eigenvalue weighted by Gasteiger charge is -2.39. The van der Waals surface area contributed by atoms with Crippen molar-refractivity contribution in [1.29, 1.82) is 5.26 Å². The number of morpholine rings is 1. The second-order valence-electron chi connectivity index (χ2n) is 13.5. The normalized spacial score (nSPS) is 19.0. The van der Waals surface area contributed by atoms with Crippen LogP contribution < -0.4 is 10.1 Å². The van der Waals surface area contributed by atoms with Gasteiger partial charge in [0.15, 0.2) is 14.1 Å². The Kier molecular flexibility index (Phi) is 9.00. The van der Waals surface area contributed by atoms with Gasteiger partial charge >= 0.3 is 7.41 Å². The van der Waals surface area contributed by atoms with Gasteiger partial charge in [-0.25, -0.2) is 9.97 Å². The summed E-state index contributed by atoms with van der Waals surface area (Å²) in [6.45, 7) is 18.4. The number of hydrogen-bond acceptors (Lipinski definition) is 10. The Balaban J connectivity index is 1.44. The molecule has 0 aliphatic carbocycles. The Hall–Kier alpha value is -3.57. The lowest BCUT2D eigenvalue weighted by molar-refractivity contribution is 0.0331. The minimum Gasteiger partial charge on any atom is -0.416 e. The summed E-state index contributed by atoms with van der Waals surface area (Å²) in [4.78, 5) is 25.1. The van der Waals surface area contributed by atoms with Crippen molar-refractivity contribution < 1.29 is 14.0 Å². The molecule has 3 aromatic rings. The van der Waals surface area contributed by atoms with Crippen LogP contribution in [0.4, 0.5) is 17.5 Å². The number of aryl methyl sites for hydroxylation is 1. The number of aromatic nitrogens is 4. The molecule has 0 unspecified atom stereocenters. The number of hydrogen-bond donors (Lipinski definition) is 1. The molecule has 2 aliphatic rings. The van der Waals surface area contributed by atoms with E-state index in [1.807, 2.05) is 34.7 Å².